The summed E-state index contributed by atoms with van der Waals surface area (Å²) in [7, 11) is 3.23. The quantitative estimate of drug-likeness (QED) is 0.769. The third-order valence-corrected chi connectivity index (χ3v) is 3.78. The fraction of sp³-hybridized carbons (Fsp3) is 0.583. The summed E-state index contributed by atoms with van der Waals surface area (Å²) in [4.78, 5) is 11.5. The van der Waals surface area contributed by atoms with Crippen LogP contribution in [0.25, 0.3) is 0 Å². The molecule has 2 rings (SSSR count). The minimum absolute atomic E-state index is 0.104. The van der Waals surface area contributed by atoms with Gasteiger partial charge in [0.05, 0.1) is 12.6 Å². The monoisotopic (exact) mass is 222 g/mol. The van der Waals surface area contributed by atoms with E-state index in [4.69, 9.17) is 10.5 Å². The summed E-state index contributed by atoms with van der Waals surface area (Å²) >= 11 is 0. The second-order valence-electron chi connectivity index (χ2n) is 5.19. The lowest BCUT2D eigenvalue weighted by molar-refractivity contribution is 0.0589. The number of rotatable bonds is 2. The van der Waals surface area contributed by atoms with Gasteiger partial charge in [-0.05, 0) is 24.0 Å². The Labute approximate surface area is 95.4 Å². The summed E-state index contributed by atoms with van der Waals surface area (Å²) in [6, 6.07) is 3.69. The fourth-order valence-electron chi connectivity index (χ4n) is 2.36. The van der Waals surface area contributed by atoms with Crippen LogP contribution in [0.3, 0.4) is 0 Å². The first-order chi connectivity index (χ1) is 7.33. The Morgan fingerprint density at radius 2 is 2.06 bits per heavy atom. The molecule has 1 saturated carbocycles. The number of hydrogen-bond acceptors (Lipinski definition) is 3. The van der Waals surface area contributed by atoms with Crippen LogP contribution in [0.1, 0.15) is 36.5 Å². The highest BCUT2D eigenvalue weighted by Gasteiger charge is 2.60. The van der Waals surface area contributed by atoms with Crippen molar-refractivity contribution in [2.24, 2.45) is 18.2 Å². The van der Waals surface area contributed by atoms with Crippen LogP contribution in [0.4, 0.5) is 0 Å². The van der Waals surface area contributed by atoms with Gasteiger partial charge in [-0.15, -0.1) is 0 Å². The Morgan fingerprint density at radius 1 is 1.50 bits per heavy atom. The molecule has 0 spiro atoms. The van der Waals surface area contributed by atoms with Crippen molar-refractivity contribution in [2.75, 3.05) is 7.11 Å². The standard InChI is InChI=1S/C12H18N2O2/c1-11(2)7-12(11,13)9-6-5-8(14(9)3)10(15)16-4/h5-6H,7,13H2,1-4H3. The van der Waals surface area contributed by atoms with Gasteiger partial charge >= 0.3 is 5.97 Å². The van der Waals surface area contributed by atoms with Gasteiger partial charge in [-0.1, -0.05) is 13.8 Å². The molecule has 16 heavy (non-hydrogen) atoms. The van der Waals surface area contributed by atoms with Gasteiger partial charge in [0.1, 0.15) is 5.69 Å². The Kier molecular flexibility index (Phi) is 2.17. The van der Waals surface area contributed by atoms with Crippen LogP contribution in [0.2, 0.25) is 0 Å². The number of esters is 1. The molecule has 0 bridgehead atoms. The second kappa shape index (κ2) is 3.10. The largest absolute Gasteiger partial charge is 0.464 e. The molecule has 1 fully saturated rings. The normalized spacial score (nSPS) is 26.6. The maximum Gasteiger partial charge on any atom is 0.354 e. The third kappa shape index (κ3) is 1.29. The van der Waals surface area contributed by atoms with Crippen LogP contribution in [-0.4, -0.2) is 17.6 Å². The van der Waals surface area contributed by atoms with Gasteiger partial charge in [-0.2, -0.15) is 0 Å². The van der Waals surface area contributed by atoms with E-state index in [1.165, 1.54) is 7.11 Å². The van der Waals surface area contributed by atoms with Crippen LogP contribution in [-0.2, 0) is 17.3 Å². The molecule has 1 aliphatic rings. The van der Waals surface area contributed by atoms with E-state index in [0.717, 1.165) is 12.1 Å². The molecule has 1 atom stereocenters. The van der Waals surface area contributed by atoms with E-state index in [9.17, 15) is 4.79 Å². The highest BCUT2D eigenvalue weighted by Crippen LogP contribution is 2.60. The lowest BCUT2D eigenvalue weighted by Crippen LogP contribution is -2.28. The zero-order valence-electron chi connectivity index (χ0n) is 10.2. The van der Waals surface area contributed by atoms with Gasteiger partial charge in [-0.3, -0.25) is 0 Å². The average molecular weight is 222 g/mol. The molecule has 0 aromatic carbocycles. The van der Waals surface area contributed by atoms with Crippen molar-refractivity contribution in [3.8, 4) is 0 Å². The lowest BCUT2D eigenvalue weighted by Gasteiger charge is -2.17. The molecule has 0 saturated heterocycles. The molecule has 4 nitrogen and oxygen atoms in total. The van der Waals surface area contributed by atoms with Gasteiger partial charge in [0, 0.05) is 12.7 Å². The van der Waals surface area contributed by atoms with Gasteiger partial charge < -0.3 is 15.0 Å². The zero-order valence-corrected chi connectivity index (χ0v) is 10.2. The molecule has 0 radical (unpaired) electrons. The summed E-state index contributed by atoms with van der Waals surface area (Å²) in [5.41, 5.74) is 7.67. The predicted molar refractivity (Wildman–Crippen MR) is 61.0 cm³/mol. The molecular weight excluding hydrogens is 204 g/mol. The Hall–Kier alpha value is -1.29. The van der Waals surface area contributed by atoms with Crippen molar-refractivity contribution in [1.82, 2.24) is 4.57 Å². The molecule has 1 aromatic rings. The van der Waals surface area contributed by atoms with Crippen LogP contribution in [0, 0.1) is 5.41 Å². The van der Waals surface area contributed by atoms with Crippen LogP contribution in [0.15, 0.2) is 12.1 Å². The number of nitrogens with zero attached hydrogens (tertiary/aromatic N) is 1. The smallest absolute Gasteiger partial charge is 0.354 e. The summed E-state index contributed by atoms with van der Waals surface area (Å²) in [6.07, 6.45) is 0.943. The molecule has 1 heterocycles. The van der Waals surface area contributed by atoms with E-state index in [0.29, 0.717) is 5.69 Å². The maximum atomic E-state index is 11.5. The molecule has 1 aliphatic carbocycles. The van der Waals surface area contributed by atoms with Crippen molar-refractivity contribution >= 4 is 5.97 Å². The SMILES string of the molecule is COC(=O)c1ccc(C2(N)CC2(C)C)n1C. The van der Waals surface area contributed by atoms with Crippen LogP contribution < -0.4 is 5.73 Å². The van der Waals surface area contributed by atoms with Gasteiger partial charge in [0.25, 0.3) is 0 Å². The number of nitrogens with two attached hydrogens (primary N) is 1. The number of methoxy groups -OCH3 is 1. The number of hydrogen-bond donors (Lipinski definition) is 1. The summed E-state index contributed by atoms with van der Waals surface area (Å²) in [5, 5.41) is 0. The molecule has 4 heteroatoms. The third-order valence-electron chi connectivity index (χ3n) is 3.78. The zero-order chi connectivity index (χ0) is 12.1. The molecule has 0 amide bonds. The topological polar surface area (TPSA) is 57.2 Å². The highest BCUT2D eigenvalue weighted by molar-refractivity contribution is 5.87. The van der Waals surface area contributed by atoms with Gasteiger partial charge in [0.2, 0.25) is 0 Å². The number of ether oxygens (including phenoxy) is 1. The van der Waals surface area contributed by atoms with Crippen molar-refractivity contribution in [3.05, 3.63) is 23.5 Å². The molecule has 1 aromatic heterocycles. The highest BCUT2D eigenvalue weighted by atomic mass is 16.5. The Bertz CT molecular complexity index is 448. The Morgan fingerprint density at radius 3 is 2.50 bits per heavy atom. The molecule has 88 valence electrons. The van der Waals surface area contributed by atoms with E-state index in [-0.39, 0.29) is 16.9 Å². The van der Waals surface area contributed by atoms with E-state index in [1.807, 2.05) is 17.7 Å². The minimum Gasteiger partial charge on any atom is -0.464 e. The second-order valence-corrected chi connectivity index (χ2v) is 5.19. The summed E-state index contributed by atoms with van der Waals surface area (Å²) < 4.78 is 6.55. The summed E-state index contributed by atoms with van der Waals surface area (Å²) in [5.74, 6) is -0.323. The average Bonchev–Trinajstić information content (AvgIpc) is 2.59. The van der Waals surface area contributed by atoms with E-state index < -0.39 is 0 Å². The molecule has 0 aliphatic heterocycles. The van der Waals surface area contributed by atoms with Crippen molar-refractivity contribution in [3.63, 3.8) is 0 Å². The number of carbonyl (C=O) groups is 1. The van der Waals surface area contributed by atoms with Crippen molar-refractivity contribution in [1.29, 1.82) is 0 Å². The molecular formula is C12H18N2O2. The van der Waals surface area contributed by atoms with E-state index in [1.54, 1.807) is 6.07 Å². The van der Waals surface area contributed by atoms with Gasteiger partial charge in [0.15, 0.2) is 0 Å². The minimum atomic E-state index is -0.323. The molecule has 2 N–H and O–H groups in total. The fourth-order valence-corrected chi connectivity index (χ4v) is 2.36. The first kappa shape index (κ1) is 11.2. The predicted octanol–water partition coefficient (Wildman–Crippen LogP) is 1.40. The summed E-state index contributed by atoms with van der Waals surface area (Å²) in [6.45, 7) is 4.27. The molecule has 1 unspecified atom stereocenters. The van der Waals surface area contributed by atoms with E-state index >= 15 is 0 Å². The lowest BCUT2D eigenvalue weighted by atomic mass is 10.0. The van der Waals surface area contributed by atoms with Crippen molar-refractivity contribution in [2.45, 2.75) is 25.8 Å². The Balaban J connectivity index is 2.40. The first-order valence-corrected chi connectivity index (χ1v) is 5.37. The first-order valence-electron chi connectivity index (χ1n) is 5.37. The van der Waals surface area contributed by atoms with Gasteiger partial charge in [-0.25, -0.2) is 4.79 Å². The van der Waals surface area contributed by atoms with Crippen LogP contribution >= 0.6 is 0 Å². The van der Waals surface area contributed by atoms with Crippen molar-refractivity contribution < 1.29 is 9.53 Å². The maximum absolute atomic E-state index is 11.5. The number of carbonyl (C=O) groups excluding carboxylic acids is 1. The van der Waals surface area contributed by atoms with Crippen LogP contribution in [0.5, 0.6) is 0 Å². The number of aromatic nitrogens is 1. The van der Waals surface area contributed by atoms with E-state index in [2.05, 4.69) is 13.8 Å².